The van der Waals surface area contributed by atoms with Crippen LogP contribution in [-0.4, -0.2) is 48.3 Å². The Morgan fingerprint density at radius 1 is 1.09 bits per heavy atom. The Kier molecular flexibility index (Phi) is 7.50. The SMILES string of the molecule is CCCOC(=O)c1ccc(N2CC(C(=O)OCC(=O)c3cccc([N+](=O)[O-])c3)CC2=O)cc1. The third-order valence-corrected chi connectivity index (χ3v) is 5.03. The molecule has 0 spiro atoms. The second-order valence-corrected chi connectivity index (χ2v) is 7.43. The Bertz CT molecular complexity index is 1080. The van der Waals surface area contributed by atoms with E-state index in [1.165, 1.54) is 23.1 Å². The summed E-state index contributed by atoms with van der Waals surface area (Å²) in [5, 5.41) is 10.8. The lowest BCUT2D eigenvalue weighted by atomic mass is 10.1. The molecule has 172 valence electrons. The zero-order valence-electron chi connectivity index (χ0n) is 17.9. The minimum Gasteiger partial charge on any atom is -0.462 e. The summed E-state index contributed by atoms with van der Waals surface area (Å²) in [6.07, 6.45) is 0.630. The third-order valence-electron chi connectivity index (χ3n) is 5.03. The molecule has 2 aromatic rings. The number of ether oxygens (including phenoxy) is 2. The molecule has 1 fully saturated rings. The van der Waals surface area contributed by atoms with Crippen LogP contribution in [-0.2, 0) is 19.1 Å². The molecule has 10 heteroatoms. The molecule has 1 saturated heterocycles. The minimum absolute atomic E-state index is 0.0543. The van der Waals surface area contributed by atoms with Crippen molar-refractivity contribution in [2.24, 2.45) is 5.92 Å². The number of rotatable bonds is 9. The zero-order valence-corrected chi connectivity index (χ0v) is 17.9. The van der Waals surface area contributed by atoms with E-state index in [2.05, 4.69) is 0 Å². The molecule has 1 atom stereocenters. The number of benzene rings is 2. The van der Waals surface area contributed by atoms with Gasteiger partial charge in [0.05, 0.1) is 23.0 Å². The van der Waals surface area contributed by atoms with Crippen molar-refractivity contribution in [1.82, 2.24) is 0 Å². The van der Waals surface area contributed by atoms with Crippen LogP contribution < -0.4 is 4.90 Å². The van der Waals surface area contributed by atoms with Crippen LogP contribution in [0.2, 0.25) is 0 Å². The van der Waals surface area contributed by atoms with Crippen molar-refractivity contribution in [2.45, 2.75) is 19.8 Å². The monoisotopic (exact) mass is 454 g/mol. The van der Waals surface area contributed by atoms with Crippen molar-refractivity contribution in [3.8, 4) is 0 Å². The number of anilines is 1. The lowest BCUT2D eigenvalue weighted by Gasteiger charge is -2.17. The highest BCUT2D eigenvalue weighted by Crippen LogP contribution is 2.26. The largest absolute Gasteiger partial charge is 0.462 e. The fraction of sp³-hybridized carbons (Fsp3) is 0.304. The fourth-order valence-corrected chi connectivity index (χ4v) is 3.30. The number of esters is 2. The molecule has 1 unspecified atom stereocenters. The smallest absolute Gasteiger partial charge is 0.338 e. The molecule has 0 bridgehead atoms. The number of ketones is 1. The van der Waals surface area contributed by atoms with Gasteiger partial charge in [-0.25, -0.2) is 4.79 Å². The predicted octanol–water partition coefficient (Wildman–Crippen LogP) is 2.94. The minimum atomic E-state index is -0.760. The van der Waals surface area contributed by atoms with Gasteiger partial charge >= 0.3 is 11.9 Å². The summed E-state index contributed by atoms with van der Waals surface area (Å²) in [6, 6.07) is 11.4. The van der Waals surface area contributed by atoms with E-state index < -0.39 is 35.2 Å². The van der Waals surface area contributed by atoms with Gasteiger partial charge in [0.15, 0.2) is 6.61 Å². The fourth-order valence-electron chi connectivity index (χ4n) is 3.30. The molecule has 2 aromatic carbocycles. The number of Topliss-reactive ketones (excluding diaryl/α,β-unsaturated/α-hetero) is 1. The van der Waals surface area contributed by atoms with Crippen molar-refractivity contribution in [3.05, 3.63) is 69.8 Å². The molecule has 0 aromatic heterocycles. The maximum absolute atomic E-state index is 12.4. The molecule has 0 aliphatic carbocycles. The van der Waals surface area contributed by atoms with Crippen LogP contribution in [0.15, 0.2) is 48.5 Å². The van der Waals surface area contributed by atoms with Crippen molar-refractivity contribution < 1.29 is 33.6 Å². The maximum Gasteiger partial charge on any atom is 0.338 e. The standard InChI is InChI=1S/C23H22N2O8/c1-2-10-32-22(28)15-6-8-18(9-7-15)24-13-17(12-21(24)27)23(29)33-14-20(26)16-4-3-5-19(11-16)25(30)31/h3-9,11,17H,2,10,12-14H2,1H3. The number of nitro benzene ring substituents is 1. The highest BCUT2D eigenvalue weighted by Gasteiger charge is 2.36. The molecular formula is C23H22N2O8. The first-order chi connectivity index (χ1) is 15.8. The summed E-state index contributed by atoms with van der Waals surface area (Å²) < 4.78 is 10.1. The van der Waals surface area contributed by atoms with Gasteiger partial charge in [-0.1, -0.05) is 19.1 Å². The Balaban J connectivity index is 1.56. The second-order valence-electron chi connectivity index (χ2n) is 7.43. The van der Waals surface area contributed by atoms with E-state index in [0.717, 1.165) is 6.07 Å². The first kappa shape index (κ1) is 23.6. The van der Waals surface area contributed by atoms with E-state index in [4.69, 9.17) is 9.47 Å². The average molecular weight is 454 g/mol. The summed E-state index contributed by atoms with van der Waals surface area (Å²) in [5.74, 6) is -2.79. The van der Waals surface area contributed by atoms with Crippen LogP contribution in [0.25, 0.3) is 0 Å². The van der Waals surface area contributed by atoms with Crippen LogP contribution in [0.4, 0.5) is 11.4 Å². The van der Waals surface area contributed by atoms with Crippen molar-refractivity contribution in [1.29, 1.82) is 0 Å². The summed E-state index contributed by atoms with van der Waals surface area (Å²) in [5.41, 5.74) is 0.692. The van der Waals surface area contributed by atoms with Gasteiger partial charge in [0.25, 0.3) is 5.69 Å². The molecule has 3 rings (SSSR count). The highest BCUT2D eigenvalue weighted by atomic mass is 16.6. The van der Waals surface area contributed by atoms with E-state index in [1.54, 1.807) is 24.3 Å². The van der Waals surface area contributed by atoms with Crippen LogP contribution in [0, 0.1) is 16.0 Å². The van der Waals surface area contributed by atoms with Gasteiger partial charge in [-0.2, -0.15) is 0 Å². The van der Waals surface area contributed by atoms with Crippen molar-refractivity contribution in [2.75, 3.05) is 24.7 Å². The van der Waals surface area contributed by atoms with Crippen LogP contribution >= 0.6 is 0 Å². The first-order valence-electron chi connectivity index (χ1n) is 10.3. The zero-order chi connectivity index (χ0) is 24.0. The lowest BCUT2D eigenvalue weighted by Crippen LogP contribution is -2.27. The number of amides is 1. The molecule has 1 aliphatic heterocycles. The predicted molar refractivity (Wildman–Crippen MR) is 116 cm³/mol. The summed E-state index contributed by atoms with van der Waals surface area (Å²) in [7, 11) is 0. The van der Waals surface area contributed by atoms with Gasteiger partial charge in [-0.3, -0.25) is 24.5 Å². The number of hydrogen-bond acceptors (Lipinski definition) is 8. The van der Waals surface area contributed by atoms with Gasteiger partial charge in [-0.15, -0.1) is 0 Å². The van der Waals surface area contributed by atoms with E-state index in [-0.39, 0.29) is 30.1 Å². The van der Waals surface area contributed by atoms with Gasteiger partial charge < -0.3 is 14.4 Å². The molecule has 0 radical (unpaired) electrons. The summed E-state index contributed by atoms with van der Waals surface area (Å²) in [6.45, 7) is 1.70. The van der Waals surface area contributed by atoms with Gasteiger partial charge in [0.1, 0.15) is 0 Å². The molecular weight excluding hydrogens is 432 g/mol. The van der Waals surface area contributed by atoms with Gasteiger partial charge in [-0.05, 0) is 30.7 Å². The van der Waals surface area contributed by atoms with Gasteiger partial charge in [0, 0.05) is 36.3 Å². The quantitative estimate of drug-likeness (QED) is 0.244. The number of carbonyl (C=O) groups is 4. The number of hydrogen-bond donors (Lipinski definition) is 0. The van der Waals surface area contributed by atoms with E-state index in [0.29, 0.717) is 24.3 Å². The number of carbonyl (C=O) groups excluding carboxylic acids is 4. The molecule has 1 aliphatic rings. The second kappa shape index (κ2) is 10.5. The van der Waals surface area contributed by atoms with Crippen LogP contribution in [0.5, 0.6) is 0 Å². The maximum atomic E-state index is 12.4. The molecule has 1 heterocycles. The topological polar surface area (TPSA) is 133 Å². The van der Waals surface area contributed by atoms with Crippen LogP contribution in [0.3, 0.4) is 0 Å². The molecule has 1 amide bonds. The Morgan fingerprint density at radius 2 is 1.82 bits per heavy atom. The summed E-state index contributed by atoms with van der Waals surface area (Å²) in [4.78, 5) is 60.6. The molecule has 0 N–H and O–H groups in total. The first-order valence-corrected chi connectivity index (χ1v) is 10.3. The Labute approximate surface area is 189 Å². The number of nitro groups is 1. The van der Waals surface area contributed by atoms with E-state index in [9.17, 15) is 29.3 Å². The number of non-ortho nitro benzene ring substituents is 1. The molecule has 10 nitrogen and oxygen atoms in total. The Hall–Kier alpha value is -4.08. The number of nitrogens with zero attached hydrogens (tertiary/aromatic N) is 2. The highest BCUT2D eigenvalue weighted by molar-refractivity contribution is 6.01. The van der Waals surface area contributed by atoms with Crippen molar-refractivity contribution in [3.63, 3.8) is 0 Å². The average Bonchev–Trinajstić information content (AvgIpc) is 3.22. The van der Waals surface area contributed by atoms with E-state index >= 15 is 0 Å². The summed E-state index contributed by atoms with van der Waals surface area (Å²) >= 11 is 0. The molecule has 0 saturated carbocycles. The third kappa shape index (κ3) is 5.79. The normalized spacial score (nSPS) is 15.2. The van der Waals surface area contributed by atoms with Crippen LogP contribution in [0.1, 0.15) is 40.5 Å². The lowest BCUT2D eigenvalue weighted by molar-refractivity contribution is -0.384. The van der Waals surface area contributed by atoms with Gasteiger partial charge in [0.2, 0.25) is 11.7 Å². The Morgan fingerprint density at radius 3 is 2.48 bits per heavy atom. The molecule has 33 heavy (non-hydrogen) atoms. The van der Waals surface area contributed by atoms with E-state index in [1.807, 2.05) is 6.92 Å². The van der Waals surface area contributed by atoms with Crippen molar-refractivity contribution >= 4 is 35.0 Å².